The van der Waals surface area contributed by atoms with Gasteiger partial charge in [0.25, 0.3) is 0 Å². The number of nitrogens with zero attached hydrogens (tertiary/aromatic N) is 1. The fourth-order valence-corrected chi connectivity index (χ4v) is 7.46. The predicted molar refractivity (Wildman–Crippen MR) is 125 cm³/mol. The maximum atomic E-state index is 13.5. The fraction of sp³-hybridized carbons (Fsp3) is 0.379. The zero-order valence-corrected chi connectivity index (χ0v) is 18.9. The monoisotopic (exact) mass is 463 g/mol. The van der Waals surface area contributed by atoms with Crippen molar-refractivity contribution in [2.75, 3.05) is 13.1 Å². The minimum atomic E-state index is -4.43. The molecule has 0 aromatic heterocycles. The molecule has 3 aromatic rings. The Labute approximate surface area is 198 Å². The predicted octanol–water partition coefficient (Wildman–Crippen LogP) is 6.21. The van der Waals surface area contributed by atoms with Gasteiger partial charge < -0.3 is 5.11 Å². The van der Waals surface area contributed by atoms with Crippen molar-refractivity contribution in [3.63, 3.8) is 0 Å². The lowest BCUT2D eigenvalue weighted by Gasteiger charge is -2.74. The van der Waals surface area contributed by atoms with E-state index in [0.717, 1.165) is 32.0 Å². The van der Waals surface area contributed by atoms with Gasteiger partial charge in [0.15, 0.2) is 0 Å². The lowest BCUT2D eigenvalue weighted by atomic mass is 9.41. The van der Waals surface area contributed by atoms with Crippen LogP contribution in [-0.2, 0) is 11.8 Å². The molecule has 0 spiro atoms. The highest BCUT2D eigenvalue weighted by atomic mass is 19.4. The molecule has 2 bridgehead atoms. The quantitative estimate of drug-likeness (QED) is 0.497. The smallest absolute Gasteiger partial charge is 0.385 e. The van der Waals surface area contributed by atoms with Crippen molar-refractivity contribution in [1.29, 1.82) is 0 Å². The first-order valence-corrected chi connectivity index (χ1v) is 12.1. The Kier molecular flexibility index (Phi) is 4.95. The van der Waals surface area contributed by atoms with E-state index in [0.29, 0.717) is 12.0 Å². The number of alkyl halides is 3. The molecule has 2 nitrogen and oxygen atoms in total. The van der Waals surface area contributed by atoms with Crippen LogP contribution < -0.4 is 0 Å². The van der Waals surface area contributed by atoms with Crippen molar-refractivity contribution in [3.05, 3.63) is 107 Å². The number of rotatable bonds is 4. The van der Waals surface area contributed by atoms with Crippen LogP contribution in [0.1, 0.15) is 47.4 Å². The van der Waals surface area contributed by atoms with Gasteiger partial charge >= 0.3 is 6.18 Å². The largest absolute Gasteiger partial charge is 0.416 e. The van der Waals surface area contributed by atoms with Crippen LogP contribution in [0.15, 0.2) is 84.9 Å². The summed E-state index contributed by atoms with van der Waals surface area (Å²) in [6.45, 7) is 1.94. The van der Waals surface area contributed by atoms with Crippen LogP contribution in [0.25, 0.3) is 0 Å². The van der Waals surface area contributed by atoms with Gasteiger partial charge in [0.05, 0.1) is 11.2 Å². The summed E-state index contributed by atoms with van der Waals surface area (Å²) >= 11 is 0. The fourth-order valence-electron chi connectivity index (χ4n) is 7.46. The Morgan fingerprint density at radius 1 is 0.824 bits per heavy atom. The van der Waals surface area contributed by atoms with E-state index < -0.39 is 17.3 Å². The standard InChI is InChI=1S/C29H28F3NO/c30-29(31,32)24-13-7-12-23(18-24)28(34)19-27(26(28)22-14-16-33(27)17-15-22)25(20-8-3-1-4-9-20)21-10-5-2-6-11-21/h1-13,18,22,25-26,34H,14-17,19H2. The number of piperidine rings is 3. The minimum absolute atomic E-state index is 0.0362. The first-order valence-electron chi connectivity index (χ1n) is 12.1. The molecule has 3 aromatic carbocycles. The van der Waals surface area contributed by atoms with Crippen LogP contribution in [0.2, 0.25) is 0 Å². The van der Waals surface area contributed by atoms with Crippen molar-refractivity contribution in [2.45, 2.75) is 42.5 Å². The van der Waals surface area contributed by atoms with E-state index >= 15 is 0 Å². The molecule has 0 radical (unpaired) electrons. The van der Waals surface area contributed by atoms with E-state index in [4.69, 9.17) is 0 Å². The van der Waals surface area contributed by atoms with Crippen LogP contribution >= 0.6 is 0 Å². The Morgan fingerprint density at radius 3 is 1.97 bits per heavy atom. The van der Waals surface area contributed by atoms with Gasteiger partial charge in [-0.05, 0) is 60.7 Å². The van der Waals surface area contributed by atoms with Crippen molar-refractivity contribution >= 4 is 0 Å². The number of fused-ring (bicyclic) bond motifs is 2. The summed E-state index contributed by atoms with van der Waals surface area (Å²) in [7, 11) is 0. The van der Waals surface area contributed by atoms with Crippen molar-refractivity contribution in [2.24, 2.45) is 11.8 Å². The van der Waals surface area contributed by atoms with Crippen molar-refractivity contribution < 1.29 is 18.3 Å². The first-order chi connectivity index (χ1) is 16.3. The summed E-state index contributed by atoms with van der Waals surface area (Å²) in [5.74, 6) is 0.193. The molecule has 0 amide bonds. The van der Waals surface area contributed by atoms with Crippen LogP contribution in [-0.4, -0.2) is 28.6 Å². The summed E-state index contributed by atoms with van der Waals surface area (Å²) in [5, 5.41) is 12.1. The second kappa shape index (κ2) is 7.69. The Balaban J connectivity index is 1.50. The van der Waals surface area contributed by atoms with Crippen LogP contribution in [0.5, 0.6) is 0 Å². The van der Waals surface area contributed by atoms with Gasteiger partial charge in [-0.3, -0.25) is 4.90 Å². The maximum Gasteiger partial charge on any atom is 0.416 e. The van der Waals surface area contributed by atoms with Crippen LogP contribution in [0.4, 0.5) is 13.2 Å². The molecule has 3 saturated heterocycles. The first kappa shape index (κ1) is 21.9. The Bertz CT molecular complexity index is 1130. The average Bonchev–Trinajstić information content (AvgIpc) is 2.84. The third-order valence-corrected chi connectivity index (χ3v) is 8.66. The van der Waals surface area contributed by atoms with Gasteiger partial charge in [-0.1, -0.05) is 72.8 Å². The molecule has 1 aliphatic carbocycles. The molecule has 5 heteroatoms. The van der Waals surface area contributed by atoms with E-state index in [1.54, 1.807) is 6.07 Å². The normalized spacial score (nSPS) is 32.3. The SMILES string of the molecule is OC1(c2cccc(C(F)(F)F)c2)CC2(C(c3ccccc3)c3ccccc3)C1C1CCN2CC1. The molecule has 1 saturated carbocycles. The molecule has 176 valence electrons. The van der Waals surface area contributed by atoms with Gasteiger partial charge in [-0.2, -0.15) is 13.2 Å². The Morgan fingerprint density at radius 2 is 1.41 bits per heavy atom. The molecular formula is C29H28F3NO. The van der Waals surface area contributed by atoms with Gasteiger partial charge in [0.2, 0.25) is 0 Å². The van der Waals surface area contributed by atoms with E-state index in [2.05, 4.69) is 29.2 Å². The number of aliphatic hydroxyl groups is 1. The van der Waals surface area contributed by atoms with E-state index in [-0.39, 0.29) is 23.3 Å². The molecule has 3 aliphatic heterocycles. The number of halogens is 3. The summed E-state index contributed by atoms with van der Waals surface area (Å²) in [5.41, 5.74) is 0.491. The summed E-state index contributed by atoms with van der Waals surface area (Å²) in [6.07, 6.45) is -2.05. The molecule has 3 atom stereocenters. The lowest BCUT2D eigenvalue weighted by molar-refractivity contribution is -0.279. The lowest BCUT2D eigenvalue weighted by Crippen LogP contribution is -2.80. The van der Waals surface area contributed by atoms with Gasteiger partial charge in [0.1, 0.15) is 0 Å². The molecule has 34 heavy (non-hydrogen) atoms. The number of hydrogen-bond acceptors (Lipinski definition) is 2. The maximum absolute atomic E-state index is 13.5. The number of hydrogen-bond donors (Lipinski definition) is 1. The van der Waals surface area contributed by atoms with Gasteiger partial charge in [-0.25, -0.2) is 0 Å². The topological polar surface area (TPSA) is 23.5 Å². The third kappa shape index (κ3) is 3.10. The van der Waals surface area contributed by atoms with Gasteiger partial charge in [0, 0.05) is 23.8 Å². The Hall–Kier alpha value is -2.63. The highest BCUT2D eigenvalue weighted by molar-refractivity contribution is 5.46. The highest BCUT2D eigenvalue weighted by Crippen LogP contribution is 2.69. The second-order valence-corrected chi connectivity index (χ2v) is 10.2. The third-order valence-electron chi connectivity index (χ3n) is 8.66. The van der Waals surface area contributed by atoms with Crippen LogP contribution in [0.3, 0.4) is 0 Å². The number of benzene rings is 3. The summed E-state index contributed by atoms with van der Waals surface area (Å²) in [6, 6.07) is 26.2. The van der Waals surface area contributed by atoms with E-state index in [9.17, 15) is 18.3 Å². The van der Waals surface area contributed by atoms with Crippen LogP contribution in [0, 0.1) is 11.8 Å². The molecule has 3 heterocycles. The van der Waals surface area contributed by atoms with Gasteiger partial charge in [-0.15, -0.1) is 0 Å². The molecular weight excluding hydrogens is 435 g/mol. The van der Waals surface area contributed by atoms with Crippen molar-refractivity contribution in [3.8, 4) is 0 Å². The summed E-state index contributed by atoms with van der Waals surface area (Å²) in [4.78, 5) is 2.53. The zero-order valence-electron chi connectivity index (χ0n) is 18.9. The summed E-state index contributed by atoms with van der Waals surface area (Å²) < 4.78 is 40.6. The molecule has 1 N–H and O–H groups in total. The van der Waals surface area contributed by atoms with E-state index in [1.165, 1.54) is 23.3 Å². The minimum Gasteiger partial charge on any atom is -0.385 e. The zero-order chi connectivity index (χ0) is 23.6. The molecule has 4 fully saturated rings. The average molecular weight is 464 g/mol. The van der Waals surface area contributed by atoms with E-state index in [1.807, 2.05) is 36.4 Å². The molecule has 3 unspecified atom stereocenters. The molecule has 7 rings (SSSR count). The second-order valence-electron chi connectivity index (χ2n) is 10.2. The van der Waals surface area contributed by atoms with Crippen molar-refractivity contribution in [1.82, 2.24) is 4.90 Å². The highest BCUT2D eigenvalue weighted by Gasteiger charge is 2.73. The molecule has 4 aliphatic rings.